The molecule has 164 valence electrons. The molecule has 0 radical (unpaired) electrons. The van der Waals surface area contributed by atoms with E-state index in [4.69, 9.17) is 28.9 Å². The maximum atomic E-state index is 12.1. The molecule has 0 bridgehead atoms. The molecule has 0 aliphatic carbocycles. The minimum Gasteiger partial charge on any atom is -0.365 e. The third kappa shape index (κ3) is 3.30. The van der Waals surface area contributed by atoms with Gasteiger partial charge in [0.1, 0.15) is 18.2 Å². The van der Waals surface area contributed by atoms with Crippen LogP contribution in [0.3, 0.4) is 0 Å². The molecule has 2 fully saturated rings. The molecule has 3 aliphatic heterocycles. The monoisotopic (exact) mass is 444 g/mol. The first-order valence-corrected chi connectivity index (χ1v) is 10.7. The van der Waals surface area contributed by atoms with Crippen LogP contribution in [0.4, 0.5) is 0 Å². The lowest BCUT2D eigenvalue weighted by Gasteiger charge is -2.50. The summed E-state index contributed by atoms with van der Waals surface area (Å²) in [6, 6.07) is 7.72. The SMILES string of the molecule is CO[C@H]1O[C@H]2CO[C@H](c3ccccc3)O[C@@H]2[C@H]2N=C(N)N([N+](=O)[O-])[C@]12OS(C)(=O)=O. The van der Waals surface area contributed by atoms with Crippen LogP contribution >= 0.6 is 0 Å². The number of guanidine groups is 1. The van der Waals surface area contributed by atoms with E-state index >= 15 is 0 Å². The summed E-state index contributed by atoms with van der Waals surface area (Å²) in [7, 11) is -3.05. The Hall–Kier alpha value is -2.36. The van der Waals surface area contributed by atoms with E-state index in [1.807, 2.05) is 6.07 Å². The highest BCUT2D eigenvalue weighted by molar-refractivity contribution is 7.86. The van der Waals surface area contributed by atoms with Crippen molar-refractivity contribution in [3.63, 3.8) is 0 Å². The van der Waals surface area contributed by atoms with Crippen LogP contribution in [0.15, 0.2) is 35.3 Å². The molecule has 0 amide bonds. The summed E-state index contributed by atoms with van der Waals surface area (Å²) in [5.74, 6) is -0.564. The fourth-order valence-electron chi connectivity index (χ4n) is 3.93. The average molecular weight is 444 g/mol. The first-order valence-electron chi connectivity index (χ1n) is 8.86. The highest BCUT2D eigenvalue weighted by Gasteiger charge is 2.73. The van der Waals surface area contributed by atoms with E-state index in [1.165, 1.54) is 7.11 Å². The van der Waals surface area contributed by atoms with Crippen LogP contribution in [-0.2, 0) is 33.2 Å². The molecule has 0 saturated carbocycles. The molecule has 6 atom stereocenters. The van der Waals surface area contributed by atoms with Gasteiger partial charge in [-0.25, -0.2) is 19.3 Å². The molecule has 4 rings (SSSR count). The second kappa shape index (κ2) is 7.40. The maximum absolute atomic E-state index is 12.1. The lowest BCUT2D eigenvalue weighted by Crippen LogP contribution is -2.74. The van der Waals surface area contributed by atoms with Crippen molar-refractivity contribution in [2.24, 2.45) is 10.7 Å². The van der Waals surface area contributed by atoms with Gasteiger partial charge < -0.3 is 24.7 Å². The molecule has 0 aromatic heterocycles. The molecule has 14 heteroatoms. The summed E-state index contributed by atoms with van der Waals surface area (Å²) in [6.45, 7) is 0.0451. The zero-order chi connectivity index (χ0) is 21.7. The van der Waals surface area contributed by atoms with E-state index in [9.17, 15) is 18.5 Å². The fraction of sp³-hybridized carbons (Fsp3) is 0.562. The number of ether oxygens (including phenoxy) is 4. The number of rotatable bonds is 5. The third-order valence-corrected chi connectivity index (χ3v) is 5.55. The van der Waals surface area contributed by atoms with Gasteiger partial charge in [-0.15, -0.1) is 0 Å². The molecule has 3 heterocycles. The van der Waals surface area contributed by atoms with Crippen LogP contribution in [0.5, 0.6) is 0 Å². The Morgan fingerprint density at radius 2 is 2.03 bits per heavy atom. The third-order valence-electron chi connectivity index (χ3n) is 4.98. The van der Waals surface area contributed by atoms with Gasteiger partial charge in [-0.3, -0.25) is 0 Å². The maximum Gasteiger partial charge on any atom is 0.298 e. The zero-order valence-electron chi connectivity index (χ0n) is 16.0. The number of nitrogens with two attached hydrogens (primary N) is 1. The van der Waals surface area contributed by atoms with Crippen LogP contribution in [0.25, 0.3) is 0 Å². The molecule has 0 spiro atoms. The van der Waals surface area contributed by atoms with Gasteiger partial charge in [-0.2, -0.15) is 8.42 Å². The van der Waals surface area contributed by atoms with Gasteiger partial charge in [0.25, 0.3) is 21.8 Å². The van der Waals surface area contributed by atoms with Gasteiger partial charge in [-0.05, 0) is 5.01 Å². The number of fused-ring (bicyclic) bond motifs is 3. The van der Waals surface area contributed by atoms with Crippen molar-refractivity contribution < 1.29 is 36.6 Å². The molecule has 13 nitrogen and oxygen atoms in total. The molecule has 30 heavy (non-hydrogen) atoms. The normalized spacial score (nSPS) is 36.0. The number of benzene rings is 1. The van der Waals surface area contributed by atoms with Gasteiger partial charge in [0.2, 0.25) is 6.29 Å². The molecule has 1 aromatic carbocycles. The summed E-state index contributed by atoms with van der Waals surface area (Å²) >= 11 is 0. The number of methoxy groups -OCH3 is 1. The van der Waals surface area contributed by atoms with Crippen molar-refractivity contribution in [3.8, 4) is 0 Å². The van der Waals surface area contributed by atoms with E-state index in [0.717, 1.165) is 6.26 Å². The van der Waals surface area contributed by atoms with E-state index in [1.54, 1.807) is 24.3 Å². The Morgan fingerprint density at radius 3 is 2.63 bits per heavy atom. The number of hydrogen-bond acceptors (Lipinski definition) is 11. The standard InChI is InChI=1S/C16H20N4O9S/c1-25-14-16(29-30(2,23)24)12(18-15(17)19(16)20(21)22)11-10(27-14)8-26-13(28-11)9-6-4-3-5-7-9/h3-7,10-14H,8H2,1-2H3,(H2,17,18)/t10-,11-,12+,13-,14-,16+/m0/s1. The summed E-state index contributed by atoms with van der Waals surface area (Å²) in [5.41, 5.74) is 4.15. The highest BCUT2D eigenvalue weighted by atomic mass is 32.2. The quantitative estimate of drug-likeness (QED) is 0.348. The largest absolute Gasteiger partial charge is 0.365 e. The number of aliphatic imine (C=N–C) groups is 1. The Morgan fingerprint density at radius 1 is 1.33 bits per heavy atom. The molecule has 2 N–H and O–H groups in total. The Bertz CT molecular complexity index is 959. The number of hydrogen-bond donors (Lipinski definition) is 1. The Kier molecular flexibility index (Phi) is 5.16. The summed E-state index contributed by atoms with van der Waals surface area (Å²) in [5, 5.41) is 11.2. The number of nitro groups is 1. The minimum atomic E-state index is -4.25. The van der Waals surface area contributed by atoms with E-state index in [0.29, 0.717) is 10.6 Å². The van der Waals surface area contributed by atoms with Gasteiger partial charge in [-0.1, -0.05) is 30.3 Å². The molecule has 1 aromatic rings. The van der Waals surface area contributed by atoms with Gasteiger partial charge in [0.05, 0.1) is 12.9 Å². The van der Waals surface area contributed by atoms with Crippen molar-refractivity contribution in [3.05, 3.63) is 46.0 Å². The van der Waals surface area contributed by atoms with Gasteiger partial charge in [0.15, 0.2) is 11.3 Å². The number of nitrogens with zero attached hydrogens (tertiary/aromatic N) is 3. The highest BCUT2D eigenvalue weighted by Crippen LogP contribution is 2.46. The van der Waals surface area contributed by atoms with Crippen molar-refractivity contribution in [2.45, 2.75) is 36.6 Å². The molecule has 2 saturated heterocycles. The summed E-state index contributed by atoms with van der Waals surface area (Å²) < 4.78 is 52.1. The van der Waals surface area contributed by atoms with Gasteiger partial charge in [0, 0.05) is 12.7 Å². The summed E-state index contributed by atoms with van der Waals surface area (Å²) in [4.78, 5) is 15.9. The zero-order valence-corrected chi connectivity index (χ0v) is 16.8. The fourth-order valence-corrected chi connectivity index (χ4v) is 4.66. The Labute approximate surface area is 171 Å². The lowest BCUT2D eigenvalue weighted by atomic mass is 9.91. The van der Waals surface area contributed by atoms with Crippen LogP contribution < -0.4 is 5.73 Å². The van der Waals surface area contributed by atoms with Crippen molar-refractivity contribution in [2.75, 3.05) is 20.0 Å². The van der Waals surface area contributed by atoms with Crippen LogP contribution in [0, 0.1) is 10.1 Å². The summed E-state index contributed by atoms with van der Waals surface area (Å²) in [6.07, 6.45) is -3.34. The molecular formula is C16H20N4O9S. The van der Waals surface area contributed by atoms with Crippen LogP contribution in [0.1, 0.15) is 11.9 Å². The van der Waals surface area contributed by atoms with E-state index < -0.39 is 57.7 Å². The number of hydrazine groups is 1. The van der Waals surface area contributed by atoms with Gasteiger partial charge >= 0.3 is 0 Å². The van der Waals surface area contributed by atoms with E-state index in [2.05, 4.69) is 4.99 Å². The predicted molar refractivity (Wildman–Crippen MR) is 98.6 cm³/mol. The van der Waals surface area contributed by atoms with E-state index in [-0.39, 0.29) is 6.61 Å². The van der Waals surface area contributed by atoms with Crippen molar-refractivity contribution in [1.29, 1.82) is 0 Å². The molecule has 0 unspecified atom stereocenters. The smallest absolute Gasteiger partial charge is 0.298 e. The second-order valence-electron chi connectivity index (χ2n) is 6.94. The van der Waals surface area contributed by atoms with Crippen LogP contribution in [-0.4, -0.2) is 74.7 Å². The van der Waals surface area contributed by atoms with Crippen molar-refractivity contribution in [1.82, 2.24) is 5.01 Å². The predicted octanol–water partition coefficient (Wildman–Crippen LogP) is -0.665. The average Bonchev–Trinajstić information content (AvgIpc) is 2.98. The molecule has 3 aliphatic rings. The lowest BCUT2D eigenvalue weighted by molar-refractivity contribution is -0.668. The van der Waals surface area contributed by atoms with Crippen LogP contribution in [0.2, 0.25) is 0 Å². The second-order valence-corrected chi connectivity index (χ2v) is 8.51. The first kappa shape index (κ1) is 20.9. The van der Waals surface area contributed by atoms with Crippen molar-refractivity contribution >= 4 is 16.1 Å². The Balaban J connectivity index is 1.78. The minimum absolute atomic E-state index is 0.0451. The molecular weight excluding hydrogens is 424 g/mol. The first-order chi connectivity index (χ1) is 14.2. The topological polar surface area (TPSA) is 165 Å².